The molecule has 19 heavy (non-hydrogen) atoms. The highest BCUT2D eigenvalue weighted by molar-refractivity contribution is 7.16. The molecule has 2 heterocycles. The summed E-state index contributed by atoms with van der Waals surface area (Å²) in [4.78, 5) is 29.1. The summed E-state index contributed by atoms with van der Waals surface area (Å²) in [5.74, 6) is -1.13. The molecule has 0 saturated carbocycles. The van der Waals surface area contributed by atoms with Gasteiger partial charge in [0.15, 0.2) is 0 Å². The van der Waals surface area contributed by atoms with Crippen LogP contribution in [0, 0.1) is 0 Å². The van der Waals surface area contributed by atoms with Crippen LogP contribution in [0.15, 0.2) is 23.7 Å². The van der Waals surface area contributed by atoms with Crippen LogP contribution in [0.25, 0.3) is 10.2 Å². The van der Waals surface area contributed by atoms with Gasteiger partial charge in [-0.25, -0.2) is 9.78 Å². The summed E-state index contributed by atoms with van der Waals surface area (Å²) >= 11 is 1.47. The van der Waals surface area contributed by atoms with Crippen molar-refractivity contribution in [1.29, 1.82) is 0 Å². The highest BCUT2D eigenvalue weighted by atomic mass is 32.1. The minimum absolute atomic E-state index is 0.208. The molecule has 1 amide bonds. The maximum Gasteiger partial charge on any atom is 0.326 e. The maximum atomic E-state index is 12.4. The number of carboxylic acid groups (broad SMARTS) is 1. The van der Waals surface area contributed by atoms with E-state index in [9.17, 15) is 9.59 Å². The van der Waals surface area contributed by atoms with Gasteiger partial charge in [0.2, 0.25) is 0 Å². The van der Waals surface area contributed by atoms with E-state index in [2.05, 4.69) is 4.98 Å². The number of carbonyl (C=O) groups is 2. The molecule has 5 nitrogen and oxygen atoms in total. The van der Waals surface area contributed by atoms with Gasteiger partial charge in [-0.3, -0.25) is 4.79 Å². The first-order valence-electron chi connectivity index (χ1n) is 6.04. The molecule has 0 aliphatic carbocycles. The zero-order valence-corrected chi connectivity index (χ0v) is 10.9. The second-order valence-corrected chi connectivity index (χ2v) is 5.42. The number of hydrogen-bond donors (Lipinski definition) is 1. The number of likely N-dealkylation sites (tertiary alicyclic amines) is 1. The number of benzene rings is 1. The lowest BCUT2D eigenvalue weighted by atomic mass is 10.1. The smallest absolute Gasteiger partial charge is 0.326 e. The van der Waals surface area contributed by atoms with Crippen molar-refractivity contribution in [3.63, 3.8) is 0 Å². The van der Waals surface area contributed by atoms with E-state index in [-0.39, 0.29) is 5.91 Å². The van der Waals surface area contributed by atoms with Crippen LogP contribution in [-0.4, -0.2) is 39.5 Å². The molecule has 1 fully saturated rings. The normalized spacial score (nSPS) is 18.9. The number of amides is 1. The topological polar surface area (TPSA) is 70.5 Å². The zero-order chi connectivity index (χ0) is 13.4. The quantitative estimate of drug-likeness (QED) is 0.910. The molecular weight excluding hydrogens is 264 g/mol. The molecule has 98 valence electrons. The highest BCUT2D eigenvalue weighted by Crippen LogP contribution is 2.23. The Kier molecular flexibility index (Phi) is 2.94. The van der Waals surface area contributed by atoms with Crippen LogP contribution in [0.1, 0.15) is 23.2 Å². The van der Waals surface area contributed by atoms with Crippen molar-refractivity contribution >= 4 is 33.4 Å². The average Bonchev–Trinajstić information content (AvgIpc) is 3.05. The number of aliphatic carboxylic acids is 1. The Bertz CT molecular complexity index is 652. The SMILES string of the molecule is O=C(O)[C@H]1CCCN1C(=O)c1ccc2ncsc2c1. The zero-order valence-electron chi connectivity index (χ0n) is 10.1. The molecule has 0 spiro atoms. The molecule has 0 radical (unpaired) electrons. The summed E-state index contributed by atoms with van der Waals surface area (Å²) in [5, 5.41) is 9.12. The summed E-state index contributed by atoms with van der Waals surface area (Å²) in [6.07, 6.45) is 1.27. The van der Waals surface area contributed by atoms with E-state index in [0.717, 1.165) is 16.6 Å². The number of carboxylic acids is 1. The molecule has 3 rings (SSSR count). The molecule has 1 atom stereocenters. The Hall–Kier alpha value is -1.95. The molecule has 1 aromatic heterocycles. The lowest BCUT2D eigenvalue weighted by Crippen LogP contribution is -2.40. The fraction of sp³-hybridized carbons (Fsp3) is 0.308. The number of hydrogen-bond acceptors (Lipinski definition) is 4. The molecular formula is C13H12N2O3S. The van der Waals surface area contributed by atoms with E-state index in [1.807, 2.05) is 0 Å². The number of aromatic nitrogens is 1. The van der Waals surface area contributed by atoms with Gasteiger partial charge in [0.25, 0.3) is 5.91 Å². The second-order valence-electron chi connectivity index (χ2n) is 4.53. The van der Waals surface area contributed by atoms with Crippen LogP contribution in [-0.2, 0) is 4.79 Å². The Labute approximate surface area is 113 Å². The molecule has 0 bridgehead atoms. The Morgan fingerprint density at radius 1 is 1.42 bits per heavy atom. The lowest BCUT2D eigenvalue weighted by molar-refractivity contribution is -0.141. The standard InChI is InChI=1S/C13H12N2O3S/c16-12(15-5-1-2-10(15)13(17)18)8-3-4-9-11(6-8)19-7-14-9/h3-4,6-7,10H,1-2,5H2,(H,17,18)/t10-/m1/s1. The minimum Gasteiger partial charge on any atom is -0.480 e. The number of thiazole rings is 1. The molecule has 1 N–H and O–H groups in total. The lowest BCUT2D eigenvalue weighted by Gasteiger charge is -2.21. The van der Waals surface area contributed by atoms with Crippen LogP contribution in [0.5, 0.6) is 0 Å². The Morgan fingerprint density at radius 2 is 2.26 bits per heavy atom. The highest BCUT2D eigenvalue weighted by Gasteiger charge is 2.34. The number of nitrogens with zero attached hydrogens (tertiary/aromatic N) is 2. The third-order valence-electron chi connectivity index (χ3n) is 3.38. The fourth-order valence-electron chi connectivity index (χ4n) is 2.42. The van der Waals surface area contributed by atoms with Gasteiger partial charge >= 0.3 is 5.97 Å². The van der Waals surface area contributed by atoms with Gasteiger partial charge in [0, 0.05) is 12.1 Å². The van der Waals surface area contributed by atoms with Gasteiger partial charge in [-0.05, 0) is 31.0 Å². The fourth-order valence-corrected chi connectivity index (χ4v) is 3.14. The van der Waals surface area contributed by atoms with E-state index < -0.39 is 12.0 Å². The summed E-state index contributed by atoms with van der Waals surface area (Å²) < 4.78 is 0.942. The third kappa shape index (κ3) is 2.08. The van der Waals surface area contributed by atoms with Gasteiger partial charge in [-0.15, -0.1) is 11.3 Å². The van der Waals surface area contributed by atoms with Crippen LogP contribution in [0.4, 0.5) is 0 Å². The molecule has 0 unspecified atom stereocenters. The van der Waals surface area contributed by atoms with Crippen molar-refractivity contribution < 1.29 is 14.7 Å². The van der Waals surface area contributed by atoms with Crippen LogP contribution in [0.2, 0.25) is 0 Å². The molecule has 1 aliphatic rings. The molecule has 1 aliphatic heterocycles. The number of rotatable bonds is 2. The predicted molar refractivity (Wildman–Crippen MR) is 71.3 cm³/mol. The number of carbonyl (C=O) groups excluding carboxylic acids is 1. The molecule has 1 aromatic carbocycles. The summed E-state index contributed by atoms with van der Waals surface area (Å²) in [6.45, 7) is 0.510. The van der Waals surface area contributed by atoms with E-state index >= 15 is 0 Å². The van der Waals surface area contributed by atoms with Crippen molar-refractivity contribution in [2.45, 2.75) is 18.9 Å². The predicted octanol–water partition coefficient (Wildman–Crippen LogP) is 1.99. The van der Waals surface area contributed by atoms with Crippen molar-refractivity contribution in [2.24, 2.45) is 0 Å². The first-order chi connectivity index (χ1) is 9.16. The maximum absolute atomic E-state index is 12.4. The summed E-state index contributed by atoms with van der Waals surface area (Å²) in [7, 11) is 0. The Morgan fingerprint density at radius 3 is 3.05 bits per heavy atom. The first-order valence-corrected chi connectivity index (χ1v) is 6.92. The monoisotopic (exact) mass is 276 g/mol. The molecule has 1 saturated heterocycles. The van der Waals surface area contributed by atoms with E-state index in [1.165, 1.54) is 16.2 Å². The van der Waals surface area contributed by atoms with Gasteiger partial charge in [-0.1, -0.05) is 0 Å². The van der Waals surface area contributed by atoms with Gasteiger partial charge in [-0.2, -0.15) is 0 Å². The van der Waals surface area contributed by atoms with Gasteiger partial charge < -0.3 is 10.0 Å². The molecule has 6 heteroatoms. The third-order valence-corrected chi connectivity index (χ3v) is 4.17. The van der Waals surface area contributed by atoms with E-state index in [0.29, 0.717) is 18.5 Å². The van der Waals surface area contributed by atoms with Crippen molar-refractivity contribution in [3.8, 4) is 0 Å². The van der Waals surface area contributed by atoms with E-state index in [4.69, 9.17) is 5.11 Å². The summed E-state index contributed by atoms with van der Waals surface area (Å²) in [5.41, 5.74) is 3.12. The first kappa shape index (κ1) is 12.1. The largest absolute Gasteiger partial charge is 0.480 e. The van der Waals surface area contributed by atoms with Crippen molar-refractivity contribution in [1.82, 2.24) is 9.88 Å². The average molecular weight is 276 g/mol. The number of fused-ring (bicyclic) bond motifs is 1. The van der Waals surface area contributed by atoms with Crippen molar-refractivity contribution in [2.75, 3.05) is 6.54 Å². The van der Waals surface area contributed by atoms with Crippen LogP contribution >= 0.6 is 11.3 Å². The Balaban J connectivity index is 1.92. The molecule has 2 aromatic rings. The summed E-state index contributed by atoms with van der Waals surface area (Å²) in [6, 6.07) is 4.60. The van der Waals surface area contributed by atoms with Crippen LogP contribution in [0.3, 0.4) is 0 Å². The van der Waals surface area contributed by atoms with Crippen LogP contribution < -0.4 is 0 Å². The minimum atomic E-state index is -0.926. The van der Waals surface area contributed by atoms with Crippen molar-refractivity contribution in [3.05, 3.63) is 29.3 Å². The second kappa shape index (κ2) is 4.62. The van der Waals surface area contributed by atoms with Gasteiger partial charge in [0.1, 0.15) is 6.04 Å². The van der Waals surface area contributed by atoms with E-state index in [1.54, 1.807) is 23.7 Å². The van der Waals surface area contributed by atoms with Gasteiger partial charge in [0.05, 0.1) is 15.7 Å².